The number of hydrogen-bond donors (Lipinski definition) is 2. The van der Waals surface area contributed by atoms with Gasteiger partial charge in [-0.15, -0.1) is 0 Å². The maximum atomic E-state index is 13.1. The van der Waals surface area contributed by atoms with E-state index >= 15 is 0 Å². The van der Waals surface area contributed by atoms with E-state index in [0.29, 0.717) is 25.4 Å². The third-order valence-electron chi connectivity index (χ3n) is 6.49. The van der Waals surface area contributed by atoms with E-state index in [2.05, 4.69) is 10.6 Å². The van der Waals surface area contributed by atoms with Gasteiger partial charge in [-0.2, -0.15) is 0 Å². The first kappa shape index (κ1) is 22.3. The van der Waals surface area contributed by atoms with Crippen LogP contribution in [0.5, 0.6) is 0 Å². The van der Waals surface area contributed by atoms with Crippen molar-refractivity contribution >= 4 is 17.7 Å². The van der Waals surface area contributed by atoms with Gasteiger partial charge < -0.3 is 20.4 Å². The maximum absolute atomic E-state index is 13.1. The number of carbonyl (C=O) groups excluding carboxylic acids is 3. The predicted octanol–water partition coefficient (Wildman–Crippen LogP) is 1.18. The van der Waals surface area contributed by atoms with Crippen LogP contribution in [0.2, 0.25) is 0 Å². The van der Waals surface area contributed by atoms with E-state index in [1.165, 1.54) is 0 Å². The zero-order valence-electron chi connectivity index (χ0n) is 18.3. The summed E-state index contributed by atoms with van der Waals surface area (Å²) in [5, 5.41) is 5.70. The molecular weight excluding hydrogens is 380 g/mol. The van der Waals surface area contributed by atoms with Gasteiger partial charge in [0.2, 0.25) is 17.7 Å². The first-order chi connectivity index (χ1) is 14.4. The third kappa shape index (κ3) is 5.19. The number of fused-ring (bicyclic) bond motifs is 1. The fraction of sp³-hybridized carbons (Fsp3) is 0.609. The summed E-state index contributed by atoms with van der Waals surface area (Å²) in [5.74, 6) is 0.291. The molecule has 3 rings (SSSR count). The van der Waals surface area contributed by atoms with Crippen LogP contribution in [0.15, 0.2) is 30.3 Å². The van der Waals surface area contributed by atoms with Crippen molar-refractivity contribution in [2.24, 2.45) is 5.92 Å². The lowest BCUT2D eigenvalue weighted by Gasteiger charge is -2.33. The SMILES string of the molecule is CN[C@@H](C)C(=O)N[C@@H](C)C(=O)N1CC[C@H]2CCCN(C(=O)Cc3ccccc3)C[C@H]21. The Kier molecular flexibility index (Phi) is 7.48. The van der Waals surface area contributed by atoms with E-state index < -0.39 is 6.04 Å². The van der Waals surface area contributed by atoms with Gasteiger partial charge >= 0.3 is 0 Å². The number of amides is 3. The van der Waals surface area contributed by atoms with Crippen molar-refractivity contribution in [3.05, 3.63) is 35.9 Å². The van der Waals surface area contributed by atoms with Crippen LogP contribution < -0.4 is 10.6 Å². The van der Waals surface area contributed by atoms with Crippen LogP contribution in [0.25, 0.3) is 0 Å². The highest BCUT2D eigenvalue weighted by Gasteiger charge is 2.41. The number of hydrogen-bond acceptors (Lipinski definition) is 4. The van der Waals surface area contributed by atoms with Gasteiger partial charge in [-0.25, -0.2) is 0 Å². The Labute approximate surface area is 179 Å². The van der Waals surface area contributed by atoms with Gasteiger partial charge in [-0.05, 0) is 51.6 Å². The van der Waals surface area contributed by atoms with Gasteiger partial charge in [-0.3, -0.25) is 14.4 Å². The molecule has 0 saturated carbocycles. The summed E-state index contributed by atoms with van der Waals surface area (Å²) in [6.45, 7) is 5.52. The first-order valence-electron chi connectivity index (χ1n) is 11.0. The molecule has 0 radical (unpaired) electrons. The zero-order chi connectivity index (χ0) is 21.7. The van der Waals surface area contributed by atoms with E-state index in [4.69, 9.17) is 0 Å². The molecule has 0 aromatic heterocycles. The molecule has 2 aliphatic heterocycles. The van der Waals surface area contributed by atoms with Gasteiger partial charge in [0.15, 0.2) is 0 Å². The van der Waals surface area contributed by atoms with Gasteiger partial charge in [0.05, 0.1) is 18.5 Å². The van der Waals surface area contributed by atoms with Crippen molar-refractivity contribution in [2.75, 3.05) is 26.7 Å². The van der Waals surface area contributed by atoms with E-state index in [0.717, 1.165) is 31.4 Å². The van der Waals surface area contributed by atoms with Crippen molar-refractivity contribution in [2.45, 2.75) is 57.7 Å². The summed E-state index contributed by atoms with van der Waals surface area (Å²) in [6.07, 6.45) is 3.35. The van der Waals surface area contributed by atoms with Crippen molar-refractivity contribution in [1.29, 1.82) is 0 Å². The normalized spacial score (nSPS) is 23.3. The molecule has 2 heterocycles. The Morgan fingerprint density at radius 3 is 2.50 bits per heavy atom. The highest BCUT2D eigenvalue weighted by molar-refractivity contribution is 5.89. The summed E-state index contributed by atoms with van der Waals surface area (Å²) in [6, 6.07) is 8.89. The number of benzene rings is 1. The minimum absolute atomic E-state index is 0.0285. The summed E-state index contributed by atoms with van der Waals surface area (Å²) < 4.78 is 0. The van der Waals surface area contributed by atoms with Crippen molar-refractivity contribution in [3.63, 3.8) is 0 Å². The monoisotopic (exact) mass is 414 g/mol. The molecule has 30 heavy (non-hydrogen) atoms. The van der Waals surface area contributed by atoms with E-state index in [9.17, 15) is 14.4 Å². The second kappa shape index (κ2) is 10.1. The Bertz CT molecular complexity index is 754. The Hall–Kier alpha value is -2.41. The van der Waals surface area contributed by atoms with Gasteiger partial charge in [0.1, 0.15) is 6.04 Å². The van der Waals surface area contributed by atoms with Crippen LogP contribution in [0, 0.1) is 5.92 Å². The third-order valence-corrected chi connectivity index (χ3v) is 6.49. The quantitative estimate of drug-likeness (QED) is 0.733. The van der Waals surface area contributed by atoms with Crippen LogP contribution in [0.4, 0.5) is 0 Å². The van der Waals surface area contributed by atoms with Crippen LogP contribution in [-0.4, -0.2) is 72.3 Å². The molecule has 0 aliphatic carbocycles. The average molecular weight is 415 g/mol. The molecule has 2 saturated heterocycles. The lowest BCUT2D eigenvalue weighted by Crippen LogP contribution is -2.54. The molecule has 2 fully saturated rings. The van der Waals surface area contributed by atoms with Crippen LogP contribution in [0.1, 0.15) is 38.7 Å². The van der Waals surface area contributed by atoms with Gasteiger partial charge in [0.25, 0.3) is 0 Å². The second-order valence-corrected chi connectivity index (χ2v) is 8.53. The van der Waals surface area contributed by atoms with E-state index in [1.807, 2.05) is 40.1 Å². The van der Waals surface area contributed by atoms with E-state index in [-0.39, 0.29) is 29.8 Å². The molecule has 1 aromatic rings. The summed E-state index contributed by atoms with van der Waals surface area (Å²) >= 11 is 0. The van der Waals surface area contributed by atoms with E-state index in [1.54, 1.807) is 20.9 Å². The Balaban J connectivity index is 1.65. The molecule has 2 N–H and O–H groups in total. The molecule has 2 aliphatic rings. The lowest BCUT2D eigenvalue weighted by atomic mass is 9.96. The van der Waals surface area contributed by atoms with Crippen LogP contribution in [0.3, 0.4) is 0 Å². The predicted molar refractivity (Wildman–Crippen MR) is 116 cm³/mol. The number of likely N-dealkylation sites (N-methyl/N-ethyl adjacent to an activating group) is 1. The summed E-state index contributed by atoms with van der Waals surface area (Å²) in [4.78, 5) is 42.0. The topological polar surface area (TPSA) is 81.8 Å². The Morgan fingerprint density at radius 2 is 1.80 bits per heavy atom. The standard InChI is InChI=1S/C23H34N4O3/c1-16(24-3)22(29)25-17(2)23(30)27-13-11-19-10-7-12-26(15-20(19)27)21(28)14-18-8-5-4-6-9-18/h4-6,8-9,16-17,19-20,24H,7,10-15H2,1-3H3,(H,25,29)/t16-,17-,19+,20+/m0/s1. The molecule has 0 spiro atoms. The molecule has 3 amide bonds. The van der Waals surface area contributed by atoms with Crippen molar-refractivity contribution in [3.8, 4) is 0 Å². The van der Waals surface area contributed by atoms with Gasteiger partial charge in [-0.1, -0.05) is 30.3 Å². The average Bonchev–Trinajstić information content (AvgIpc) is 3.02. The zero-order valence-corrected chi connectivity index (χ0v) is 18.3. The number of nitrogens with zero attached hydrogens (tertiary/aromatic N) is 2. The summed E-state index contributed by atoms with van der Waals surface area (Å²) in [5.41, 5.74) is 1.01. The molecular formula is C23H34N4O3. The summed E-state index contributed by atoms with van der Waals surface area (Å²) in [7, 11) is 1.72. The van der Waals surface area contributed by atoms with Crippen molar-refractivity contribution < 1.29 is 14.4 Å². The molecule has 0 unspecified atom stereocenters. The number of nitrogens with one attached hydrogen (secondary N) is 2. The fourth-order valence-corrected chi connectivity index (χ4v) is 4.53. The molecule has 4 atom stereocenters. The highest BCUT2D eigenvalue weighted by Crippen LogP contribution is 2.32. The number of likely N-dealkylation sites (tertiary alicyclic amines) is 2. The lowest BCUT2D eigenvalue weighted by molar-refractivity contribution is -0.139. The second-order valence-electron chi connectivity index (χ2n) is 8.53. The van der Waals surface area contributed by atoms with Crippen LogP contribution in [-0.2, 0) is 20.8 Å². The minimum Gasteiger partial charge on any atom is -0.343 e. The first-order valence-corrected chi connectivity index (χ1v) is 11.0. The largest absolute Gasteiger partial charge is 0.343 e. The smallest absolute Gasteiger partial charge is 0.245 e. The van der Waals surface area contributed by atoms with Crippen molar-refractivity contribution in [1.82, 2.24) is 20.4 Å². The minimum atomic E-state index is -0.580. The molecule has 1 aromatic carbocycles. The number of rotatable bonds is 6. The number of carbonyl (C=O) groups is 3. The van der Waals surface area contributed by atoms with Gasteiger partial charge in [0, 0.05) is 19.6 Å². The molecule has 164 valence electrons. The molecule has 0 bridgehead atoms. The Morgan fingerprint density at radius 1 is 1.07 bits per heavy atom. The molecule has 7 heteroatoms. The maximum Gasteiger partial charge on any atom is 0.245 e. The molecule has 7 nitrogen and oxygen atoms in total. The highest BCUT2D eigenvalue weighted by atomic mass is 16.2. The fourth-order valence-electron chi connectivity index (χ4n) is 4.53. The van der Waals surface area contributed by atoms with Crippen LogP contribution >= 0.6 is 0 Å².